The Morgan fingerprint density at radius 3 is 2.27 bits per heavy atom. The van der Waals surface area contributed by atoms with Crippen molar-refractivity contribution >= 4 is 33.2 Å². The standard InChI is InChI=1S/C28H27N3O5S/c1-20-13-15-23(16-14-20)37(34,35)31(26-12-6-3-8-21(26)2)19-27(32)30-25-11-5-4-10-24(25)28(33)29-18-22-9-7-17-36-22/h3-17H,18-19H2,1-2H3,(H,29,33)(H,30,32). The molecule has 1 aromatic heterocycles. The molecule has 0 aliphatic heterocycles. The van der Waals surface area contributed by atoms with E-state index in [1.165, 1.54) is 18.4 Å². The Bertz CT molecular complexity index is 1500. The Morgan fingerprint density at radius 2 is 1.57 bits per heavy atom. The molecule has 0 saturated carbocycles. The largest absolute Gasteiger partial charge is 0.467 e. The van der Waals surface area contributed by atoms with Crippen molar-refractivity contribution in [1.29, 1.82) is 0 Å². The number of hydrogen-bond donors (Lipinski definition) is 2. The van der Waals surface area contributed by atoms with E-state index in [2.05, 4.69) is 10.6 Å². The highest BCUT2D eigenvalue weighted by Crippen LogP contribution is 2.27. The average Bonchev–Trinajstić information content (AvgIpc) is 3.41. The summed E-state index contributed by atoms with van der Waals surface area (Å²) in [5.74, 6) is -0.411. The maximum Gasteiger partial charge on any atom is 0.264 e. The summed E-state index contributed by atoms with van der Waals surface area (Å²) in [5.41, 5.74) is 2.51. The Hall–Kier alpha value is -4.37. The fraction of sp³-hybridized carbons (Fsp3) is 0.143. The minimum Gasteiger partial charge on any atom is -0.467 e. The number of furan rings is 1. The number of rotatable bonds is 9. The van der Waals surface area contributed by atoms with Gasteiger partial charge >= 0.3 is 0 Å². The summed E-state index contributed by atoms with van der Waals surface area (Å²) in [6.07, 6.45) is 1.51. The van der Waals surface area contributed by atoms with Crippen molar-refractivity contribution in [3.05, 3.63) is 114 Å². The van der Waals surface area contributed by atoms with Gasteiger partial charge in [0.05, 0.1) is 34.6 Å². The first-order valence-electron chi connectivity index (χ1n) is 11.6. The van der Waals surface area contributed by atoms with Crippen LogP contribution < -0.4 is 14.9 Å². The van der Waals surface area contributed by atoms with Gasteiger partial charge in [0, 0.05) is 0 Å². The predicted molar refractivity (Wildman–Crippen MR) is 142 cm³/mol. The fourth-order valence-corrected chi connectivity index (χ4v) is 5.25. The summed E-state index contributed by atoms with van der Waals surface area (Å²) in [4.78, 5) is 26.1. The Balaban J connectivity index is 1.58. The molecule has 37 heavy (non-hydrogen) atoms. The molecule has 0 aliphatic rings. The Kier molecular flexibility index (Phi) is 7.74. The molecule has 4 rings (SSSR count). The van der Waals surface area contributed by atoms with Gasteiger partial charge in [0.1, 0.15) is 12.3 Å². The molecule has 2 amide bonds. The lowest BCUT2D eigenvalue weighted by Gasteiger charge is -2.26. The van der Waals surface area contributed by atoms with Gasteiger partial charge in [0.2, 0.25) is 5.91 Å². The van der Waals surface area contributed by atoms with Crippen LogP contribution in [0.3, 0.4) is 0 Å². The molecule has 0 unspecified atom stereocenters. The summed E-state index contributed by atoms with van der Waals surface area (Å²) >= 11 is 0. The van der Waals surface area contributed by atoms with Gasteiger partial charge in [-0.3, -0.25) is 13.9 Å². The van der Waals surface area contributed by atoms with Crippen LogP contribution in [0.15, 0.2) is 101 Å². The van der Waals surface area contributed by atoms with E-state index in [-0.39, 0.29) is 22.7 Å². The molecule has 0 atom stereocenters. The molecule has 1 heterocycles. The number of aryl methyl sites for hydroxylation is 2. The van der Waals surface area contributed by atoms with E-state index in [1.54, 1.807) is 79.7 Å². The number of benzene rings is 3. The lowest BCUT2D eigenvalue weighted by molar-refractivity contribution is -0.114. The SMILES string of the molecule is Cc1ccc(S(=O)(=O)N(CC(=O)Nc2ccccc2C(=O)NCc2ccco2)c2ccccc2C)cc1. The van der Waals surface area contributed by atoms with Crippen LogP contribution in [-0.2, 0) is 21.4 Å². The smallest absolute Gasteiger partial charge is 0.264 e. The number of nitrogens with one attached hydrogen (secondary N) is 2. The highest BCUT2D eigenvalue weighted by molar-refractivity contribution is 7.92. The van der Waals surface area contributed by atoms with E-state index in [0.717, 1.165) is 9.87 Å². The zero-order valence-corrected chi connectivity index (χ0v) is 21.3. The molecule has 0 aliphatic carbocycles. The quantitative estimate of drug-likeness (QED) is 0.336. The van der Waals surface area contributed by atoms with Crippen LogP contribution in [0.25, 0.3) is 0 Å². The maximum atomic E-state index is 13.6. The molecule has 190 valence electrons. The highest BCUT2D eigenvalue weighted by Gasteiger charge is 2.28. The van der Waals surface area contributed by atoms with Crippen LogP contribution in [0.5, 0.6) is 0 Å². The molecule has 0 bridgehead atoms. The van der Waals surface area contributed by atoms with Crippen molar-refractivity contribution in [3.63, 3.8) is 0 Å². The molecule has 0 radical (unpaired) electrons. The highest BCUT2D eigenvalue weighted by atomic mass is 32.2. The number of carbonyl (C=O) groups excluding carboxylic acids is 2. The van der Waals surface area contributed by atoms with Gasteiger partial charge in [0.15, 0.2) is 0 Å². The monoisotopic (exact) mass is 517 g/mol. The topological polar surface area (TPSA) is 109 Å². The summed E-state index contributed by atoms with van der Waals surface area (Å²) < 4.78 is 33.6. The Labute approximate surface area is 216 Å². The predicted octanol–water partition coefficient (Wildman–Crippen LogP) is 4.66. The Morgan fingerprint density at radius 1 is 0.865 bits per heavy atom. The number of anilines is 2. The average molecular weight is 518 g/mol. The normalized spacial score (nSPS) is 11.1. The zero-order valence-electron chi connectivity index (χ0n) is 20.5. The summed E-state index contributed by atoms with van der Waals surface area (Å²) in [6.45, 7) is 3.35. The van der Waals surface area contributed by atoms with Gasteiger partial charge < -0.3 is 15.1 Å². The number of para-hydroxylation sites is 2. The van der Waals surface area contributed by atoms with E-state index in [0.29, 0.717) is 17.0 Å². The second-order valence-corrected chi connectivity index (χ2v) is 10.3. The van der Waals surface area contributed by atoms with Crippen molar-refractivity contribution in [3.8, 4) is 0 Å². The number of sulfonamides is 1. The number of amides is 2. The van der Waals surface area contributed by atoms with E-state index in [1.807, 2.05) is 6.92 Å². The number of hydrogen-bond acceptors (Lipinski definition) is 5. The molecule has 8 nitrogen and oxygen atoms in total. The van der Waals surface area contributed by atoms with Crippen molar-refractivity contribution in [2.75, 3.05) is 16.2 Å². The van der Waals surface area contributed by atoms with E-state index >= 15 is 0 Å². The lowest BCUT2D eigenvalue weighted by Crippen LogP contribution is -2.38. The molecular weight excluding hydrogens is 490 g/mol. The lowest BCUT2D eigenvalue weighted by atomic mass is 10.1. The van der Waals surface area contributed by atoms with E-state index < -0.39 is 28.4 Å². The molecule has 9 heteroatoms. The molecule has 0 spiro atoms. The van der Waals surface area contributed by atoms with Crippen LogP contribution in [0.2, 0.25) is 0 Å². The van der Waals surface area contributed by atoms with Crippen molar-refractivity contribution in [2.24, 2.45) is 0 Å². The summed E-state index contributed by atoms with van der Waals surface area (Å²) in [6, 6.07) is 23.4. The minimum absolute atomic E-state index is 0.0758. The van der Waals surface area contributed by atoms with Gasteiger partial charge in [-0.05, 0) is 61.9 Å². The van der Waals surface area contributed by atoms with Crippen molar-refractivity contribution in [2.45, 2.75) is 25.3 Å². The third-order valence-electron chi connectivity index (χ3n) is 5.73. The van der Waals surface area contributed by atoms with Gasteiger partial charge in [0.25, 0.3) is 15.9 Å². The third-order valence-corrected chi connectivity index (χ3v) is 7.50. The van der Waals surface area contributed by atoms with Gasteiger partial charge in [-0.1, -0.05) is 48.0 Å². The van der Waals surface area contributed by atoms with Gasteiger partial charge in [-0.2, -0.15) is 0 Å². The second-order valence-electron chi connectivity index (χ2n) is 8.47. The third kappa shape index (κ3) is 6.07. The molecule has 4 aromatic rings. The molecular formula is C28H27N3O5S. The number of nitrogens with zero attached hydrogens (tertiary/aromatic N) is 1. The van der Waals surface area contributed by atoms with Crippen LogP contribution in [-0.4, -0.2) is 26.8 Å². The molecule has 3 aromatic carbocycles. The fourth-order valence-electron chi connectivity index (χ4n) is 3.77. The minimum atomic E-state index is -4.06. The summed E-state index contributed by atoms with van der Waals surface area (Å²) in [5, 5.41) is 5.46. The van der Waals surface area contributed by atoms with Crippen molar-refractivity contribution < 1.29 is 22.4 Å². The van der Waals surface area contributed by atoms with Crippen LogP contribution in [0.4, 0.5) is 11.4 Å². The summed E-state index contributed by atoms with van der Waals surface area (Å²) in [7, 11) is -4.06. The van der Waals surface area contributed by atoms with Crippen LogP contribution in [0.1, 0.15) is 27.2 Å². The molecule has 2 N–H and O–H groups in total. The zero-order chi connectivity index (χ0) is 26.4. The van der Waals surface area contributed by atoms with Crippen LogP contribution in [0, 0.1) is 13.8 Å². The first-order chi connectivity index (χ1) is 17.8. The van der Waals surface area contributed by atoms with Crippen molar-refractivity contribution in [1.82, 2.24) is 5.32 Å². The first kappa shape index (κ1) is 25.7. The first-order valence-corrected chi connectivity index (χ1v) is 13.0. The van der Waals surface area contributed by atoms with Gasteiger partial charge in [-0.15, -0.1) is 0 Å². The van der Waals surface area contributed by atoms with E-state index in [4.69, 9.17) is 4.42 Å². The van der Waals surface area contributed by atoms with E-state index in [9.17, 15) is 18.0 Å². The van der Waals surface area contributed by atoms with Crippen LogP contribution >= 0.6 is 0 Å². The second kappa shape index (κ2) is 11.1. The molecule has 0 fully saturated rings. The number of carbonyl (C=O) groups is 2. The molecule has 0 saturated heterocycles. The maximum absolute atomic E-state index is 13.6. The van der Waals surface area contributed by atoms with Gasteiger partial charge in [-0.25, -0.2) is 8.42 Å².